The normalized spacial score (nSPS) is 11.7. The Bertz CT molecular complexity index is 884. The molecule has 0 amide bonds. The van der Waals surface area contributed by atoms with Crippen molar-refractivity contribution >= 4 is 31.5 Å². The zero-order valence-electron chi connectivity index (χ0n) is 17.8. The summed E-state index contributed by atoms with van der Waals surface area (Å²) in [6.07, 6.45) is 13.2. The first kappa shape index (κ1) is 20.4. The molecule has 0 N–H and O–H groups in total. The summed E-state index contributed by atoms with van der Waals surface area (Å²) in [5.41, 5.74) is 6.16. The first-order valence-electron chi connectivity index (χ1n) is 11.1. The number of unbranched alkanes of at least 4 members (excludes halogenated alkanes) is 6. The van der Waals surface area contributed by atoms with Crippen molar-refractivity contribution in [2.45, 2.75) is 91.9 Å². The molecule has 1 heteroatoms. The molecule has 0 aliphatic heterocycles. The summed E-state index contributed by atoms with van der Waals surface area (Å²) < 4.78 is 3.03. The lowest BCUT2D eigenvalue weighted by Gasteiger charge is -2.07. The highest BCUT2D eigenvalue weighted by Gasteiger charge is 2.13. The van der Waals surface area contributed by atoms with Crippen LogP contribution >= 0.6 is 11.3 Å². The van der Waals surface area contributed by atoms with Crippen molar-refractivity contribution in [1.82, 2.24) is 0 Å². The largest absolute Gasteiger partial charge is 0.135 e. The minimum absolute atomic E-state index is 1.23. The SMILES string of the molecule is CCCCCCCc1ccc2c(sc3c(C)c(CCCCC)ccc32)c1C. The van der Waals surface area contributed by atoms with Crippen LogP contribution in [-0.2, 0) is 12.8 Å². The monoisotopic (exact) mass is 380 g/mol. The number of hydrogen-bond acceptors (Lipinski definition) is 1. The average molecular weight is 381 g/mol. The van der Waals surface area contributed by atoms with Crippen LogP contribution in [0.3, 0.4) is 0 Å². The van der Waals surface area contributed by atoms with Crippen molar-refractivity contribution in [3.05, 3.63) is 46.5 Å². The van der Waals surface area contributed by atoms with Crippen molar-refractivity contribution in [3.8, 4) is 0 Å². The standard InChI is InChI=1S/C26H36S/c1-5-7-9-10-12-14-22-16-18-24-23-17-15-21(13-11-8-6-2)19(3)25(23)27-26(24)20(22)4/h15-18H,5-14H2,1-4H3. The summed E-state index contributed by atoms with van der Waals surface area (Å²) in [6, 6.07) is 9.55. The second-order valence-electron chi connectivity index (χ2n) is 8.18. The number of rotatable bonds is 10. The Hall–Kier alpha value is -1.34. The molecule has 0 aliphatic carbocycles. The summed E-state index contributed by atoms with van der Waals surface area (Å²) in [5, 5.41) is 2.93. The Morgan fingerprint density at radius 2 is 1.04 bits per heavy atom. The fourth-order valence-electron chi connectivity index (χ4n) is 4.28. The van der Waals surface area contributed by atoms with Crippen molar-refractivity contribution in [1.29, 1.82) is 0 Å². The lowest BCUT2D eigenvalue weighted by Crippen LogP contribution is -1.90. The molecule has 0 saturated heterocycles. The second kappa shape index (κ2) is 9.73. The van der Waals surface area contributed by atoms with Crippen molar-refractivity contribution in [3.63, 3.8) is 0 Å². The van der Waals surface area contributed by atoms with E-state index < -0.39 is 0 Å². The van der Waals surface area contributed by atoms with E-state index in [1.807, 2.05) is 11.3 Å². The van der Waals surface area contributed by atoms with Crippen molar-refractivity contribution < 1.29 is 0 Å². The molecule has 1 heterocycles. The number of aryl methyl sites for hydroxylation is 4. The summed E-state index contributed by atoms with van der Waals surface area (Å²) in [7, 11) is 0. The lowest BCUT2D eigenvalue weighted by molar-refractivity contribution is 0.632. The van der Waals surface area contributed by atoms with E-state index in [0.29, 0.717) is 0 Å². The van der Waals surface area contributed by atoms with Gasteiger partial charge in [0.1, 0.15) is 0 Å². The van der Waals surface area contributed by atoms with Crippen LogP contribution in [0, 0.1) is 13.8 Å². The molecule has 0 spiro atoms. The Morgan fingerprint density at radius 3 is 1.56 bits per heavy atom. The Balaban J connectivity index is 1.86. The molecular formula is C26H36S. The van der Waals surface area contributed by atoms with Gasteiger partial charge in [-0.2, -0.15) is 0 Å². The molecule has 1 aromatic heterocycles. The minimum atomic E-state index is 1.23. The summed E-state index contributed by atoms with van der Waals surface area (Å²) in [6.45, 7) is 9.25. The number of benzene rings is 2. The molecule has 3 rings (SSSR count). The highest BCUT2D eigenvalue weighted by atomic mass is 32.1. The third kappa shape index (κ3) is 4.57. The van der Waals surface area contributed by atoms with Gasteiger partial charge in [0.2, 0.25) is 0 Å². The predicted molar refractivity (Wildman–Crippen MR) is 124 cm³/mol. The molecule has 2 aromatic carbocycles. The third-order valence-electron chi connectivity index (χ3n) is 6.13. The second-order valence-corrected chi connectivity index (χ2v) is 9.20. The maximum atomic E-state index is 2.40. The molecular weight excluding hydrogens is 344 g/mol. The van der Waals surface area contributed by atoms with E-state index >= 15 is 0 Å². The van der Waals surface area contributed by atoms with Gasteiger partial charge in [0.25, 0.3) is 0 Å². The van der Waals surface area contributed by atoms with E-state index in [0.717, 1.165) is 0 Å². The van der Waals surface area contributed by atoms with Crippen LogP contribution in [0.4, 0.5) is 0 Å². The van der Waals surface area contributed by atoms with Gasteiger partial charge in [0.05, 0.1) is 0 Å². The van der Waals surface area contributed by atoms with Gasteiger partial charge in [0, 0.05) is 20.2 Å². The number of thiophene rings is 1. The van der Waals surface area contributed by atoms with Crippen LogP contribution < -0.4 is 0 Å². The summed E-state index contributed by atoms with van der Waals surface area (Å²) in [5.74, 6) is 0. The first-order valence-corrected chi connectivity index (χ1v) is 11.9. The molecule has 0 saturated carbocycles. The van der Waals surface area contributed by atoms with Crippen LogP contribution in [0.25, 0.3) is 20.2 Å². The molecule has 0 unspecified atom stereocenters. The van der Waals surface area contributed by atoms with Crippen LogP contribution in [0.1, 0.15) is 87.5 Å². The number of fused-ring (bicyclic) bond motifs is 3. The molecule has 0 bridgehead atoms. The molecule has 0 atom stereocenters. The van der Waals surface area contributed by atoms with Gasteiger partial charge in [-0.05, 0) is 61.8 Å². The number of hydrogen-bond donors (Lipinski definition) is 0. The molecule has 27 heavy (non-hydrogen) atoms. The van der Waals surface area contributed by atoms with Gasteiger partial charge in [-0.3, -0.25) is 0 Å². The molecule has 3 aromatic rings. The van der Waals surface area contributed by atoms with Crippen LogP contribution in [0.15, 0.2) is 24.3 Å². The average Bonchev–Trinajstić information content (AvgIpc) is 3.06. The van der Waals surface area contributed by atoms with E-state index in [9.17, 15) is 0 Å². The highest BCUT2D eigenvalue weighted by molar-refractivity contribution is 7.26. The third-order valence-corrected chi connectivity index (χ3v) is 7.59. The van der Waals surface area contributed by atoms with Gasteiger partial charge < -0.3 is 0 Å². The van der Waals surface area contributed by atoms with Crippen LogP contribution in [0.2, 0.25) is 0 Å². The van der Waals surface area contributed by atoms with E-state index in [1.165, 1.54) is 95.5 Å². The van der Waals surface area contributed by atoms with Crippen molar-refractivity contribution in [2.24, 2.45) is 0 Å². The smallest absolute Gasteiger partial charge is 0.0387 e. The highest BCUT2D eigenvalue weighted by Crippen LogP contribution is 2.40. The van der Waals surface area contributed by atoms with Crippen LogP contribution in [0.5, 0.6) is 0 Å². The first-order chi connectivity index (χ1) is 13.2. The zero-order chi connectivity index (χ0) is 19.2. The maximum Gasteiger partial charge on any atom is 0.0387 e. The molecule has 0 aliphatic rings. The fraction of sp³-hybridized carbons (Fsp3) is 0.538. The predicted octanol–water partition coefficient (Wildman–Crippen LogP) is 8.92. The zero-order valence-corrected chi connectivity index (χ0v) is 18.6. The van der Waals surface area contributed by atoms with E-state index in [1.54, 1.807) is 11.1 Å². The van der Waals surface area contributed by atoms with E-state index in [2.05, 4.69) is 52.0 Å². The quantitative estimate of drug-likeness (QED) is 0.308. The molecule has 0 radical (unpaired) electrons. The minimum Gasteiger partial charge on any atom is -0.135 e. The van der Waals surface area contributed by atoms with Gasteiger partial charge in [0.15, 0.2) is 0 Å². The molecule has 146 valence electrons. The van der Waals surface area contributed by atoms with Crippen LogP contribution in [-0.4, -0.2) is 0 Å². The van der Waals surface area contributed by atoms with Crippen molar-refractivity contribution in [2.75, 3.05) is 0 Å². The fourth-order valence-corrected chi connectivity index (χ4v) is 5.63. The van der Waals surface area contributed by atoms with Gasteiger partial charge in [-0.15, -0.1) is 11.3 Å². The van der Waals surface area contributed by atoms with Gasteiger partial charge in [-0.25, -0.2) is 0 Å². The molecule has 0 nitrogen and oxygen atoms in total. The summed E-state index contributed by atoms with van der Waals surface area (Å²) >= 11 is 2.03. The van der Waals surface area contributed by atoms with E-state index in [4.69, 9.17) is 0 Å². The van der Waals surface area contributed by atoms with Gasteiger partial charge >= 0.3 is 0 Å². The maximum absolute atomic E-state index is 2.40. The van der Waals surface area contributed by atoms with E-state index in [-0.39, 0.29) is 0 Å². The Kier molecular flexibility index (Phi) is 7.35. The Morgan fingerprint density at radius 1 is 0.593 bits per heavy atom. The summed E-state index contributed by atoms with van der Waals surface area (Å²) in [4.78, 5) is 0. The molecule has 0 fully saturated rings. The topological polar surface area (TPSA) is 0 Å². The van der Waals surface area contributed by atoms with Gasteiger partial charge in [-0.1, -0.05) is 76.6 Å². The Labute approximate surface area is 170 Å². The lowest BCUT2D eigenvalue weighted by atomic mass is 9.97.